The lowest BCUT2D eigenvalue weighted by molar-refractivity contribution is -0.139. The number of carbonyl (C=O) groups is 2. The summed E-state index contributed by atoms with van der Waals surface area (Å²) in [4.78, 5) is 28.2. The van der Waals surface area contributed by atoms with Crippen LogP contribution in [0.3, 0.4) is 0 Å². The molecular formula is C27H36ClN3O4S. The molecule has 9 heteroatoms. The number of hydrogen-bond donors (Lipinski definition) is 1. The summed E-state index contributed by atoms with van der Waals surface area (Å²) in [6.07, 6.45) is 7.05. The zero-order valence-electron chi connectivity index (χ0n) is 21.2. The van der Waals surface area contributed by atoms with Gasteiger partial charge in [0.25, 0.3) is 0 Å². The Labute approximate surface area is 219 Å². The van der Waals surface area contributed by atoms with Crippen molar-refractivity contribution in [3.63, 3.8) is 0 Å². The maximum absolute atomic E-state index is 13.6. The second kappa shape index (κ2) is 12.6. The summed E-state index contributed by atoms with van der Waals surface area (Å²) in [5, 5.41) is 3.56. The number of aryl methyl sites for hydroxylation is 1. The van der Waals surface area contributed by atoms with E-state index in [2.05, 4.69) is 5.32 Å². The number of anilines is 1. The van der Waals surface area contributed by atoms with Crippen LogP contribution >= 0.6 is 11.6 Å². The molecule has 196 valence electrons. The molecule has 2 aromatic carbocycles. The number of halogens is 1. The summed E-state index contributed by atoms with van der Waals surface area (Å²) in [7, 11) is -3.76. The number of sulfonamides is 1. The van der Waals surface area contributed by atoms with Crippen LogP contribution in [0.4, 0.5) is 5.69 Å². The number of hydrogen-bond acceptors (Lipinski definition) is 4. The number of nitrogens with one attached hydrogen (secondary N) is 1. The maximum Gasteiger partial charge on any atom is 0.244 e. The van der Waals surface area contributed by atoms with E-state index in [0.29, 0.717) is 16.3 Å². The number of carbonyl (C=O) groups excluding carboxylic acids is 2. The summed E-state index contributed by atoms with van der Waals surface area (Å²) < 4.78 is 26.4. The normalized spacial score (nSPS) is 15.2. The predicted octanol–water partition coefficient (Wildman–Crippen LogP) is 4.53. The molecule has 1 N–H and O–H groups in total. The first kappa shape index (κ1) is 28.0. The Morgan fingerprint density at radius 2 is 1.69 bits per heavy atom. The third kappa shape index (κ3) is 7.46. The van der Waals surface area contributed by atoms with E-state index >= 15 is 0 Å². The van der Waals surface area contributed by atoms with Crippen molar-refractivity contribution in [2.75, 3.05) is 17.1 Å². The fourth-order valence-corrected chi connectivity index (χ4v) is 5.52. The summed E-state index contributed by atoms with van der Waals surface area (Å²) in [6, 6.07) is 13.5. The Morgan fingerprint density at radius 3 is 2.28 bits per heavy atom. The molecule has 7 nitrogen and oxygen atoms in total. The van der Waals surface area contributed by atoms with Gasteiger partial charge in [-0.25, -0.2) is 8.42 Å². The average molecular weight is 534 g/mol. The van der Waals surface area contributed by atoms with Crippen LogP contribution < -0.4 is 9.62 Å². The first-order chi connectivity index (χ1) is 17.1. The molecule has 1 saturated carbocycles. The highest BCUT2D eigenvalue weighted by atomic mass is 35.5. The molecule has 1 aliphatic carbocycles. The molecule has 36 heavy (non-hydrogen) atoms. The molecule has 0 aromatic heterocycles. The number of amides is 2. The number of benzene rings is 2. The van der Waals surface area contributed by atoms with Gasteiger partial charge in [-0.15, -0.1) is 0 Å². The van der Waals surface area contributed by atoms with E-state index in [1.165, 1.54) is 11.3 Å². The molecule has 0 bridgehead atoms. The Kier molecular flexibility index (Phi) is 9.79. The smallest absolute Gasteiger partial charge is 0.244 e. The average Bonchev–Trinajstić information content (AvgIpc) is 2.86. The molecule has 0 aliphatic heterocycles. The van der Waals surface area contributed by atoms with Crippen LogP contribution in [0, 0.1) is 0 Å². The summed E-state index contributed by atoms with van der Waals surface area (Å²) >= 11 is 6.37. The van der Waals surface area contributed by atoms with Crippen molar-refractivity contribution in [2.24, 2.45) is 0 Å². The molecule has 0 heterocycles. The van der Waals surface area contributed by atoms with Gasteiger partial charge in [-0.05, 0) is 55.5 Å². The van der Waals surface area contributed by atoms with Gasteiger partial charge in [0.15, 0.2) is 0 Å². The molecule has 1 fully saturated rings. The largest absolute Gasteiger partial charge is 0.352 e. The Balaban J connectivity index is 1.87. The molecule has 2 aromatic rings. The monoisotopic (exact) mass is 533 g/mol. The topological polar surface area (TPSA) is 86.8 Å². The van der Waals surface area contributed by atoms with Crippen LogP contribution in [0.1, 0.15) is 57.1 Å². The highest BCUT2D eigenvalue weighted by molar-refractivity contribution is 7.92. The maximum atomic E-state index is 13.6. The zero-order valence-corrected chi connectivity index (χ0v) is 22.8. The number of rotatable bonds is 10. The van der Waals surface area contributed by atoms with Crippen LogP contribution in [-0.4, -0.2) is 50.0 Å². The lowest BCUT2D eigenvalue weighted by Gasteiger charge is -2.33. The Morgan fingerprint density at radius 1 is 1.06 bits per heavy atom. The summed E-state index contributed by atoms with van der Waals surface area (Å²) in [5.74, 6) is -0.730. The van der Waals surface area contributed by atoms with Crippen molar-refractivity contribution in [3.8, 4) is 0 Å². The van der Waals surface area contributed by atoms with Crippen LogP contribution in [0.2, 0.25) is 5.02 Å². The highest BCUT2D eigenvalue weighted by Crippen LogP contribution is 2.23. The SMILES string of the molecule is CCc1ccc(N(CC(=O)N(Cc2ccccc2Cl)[C@@H](C)C(=O)NC2CCCCC2)S(C)(=O)=O)cc1. The van der Waals surface area contributed by atoms with E-state index in [0.717, 1.165) is 48.2 Å². The van der Waals surface area contributed by atoms with E-state index in [1.807, 2.05) is 25.1 Å². The quantitative estimate of drug-likeness (QED) is 0.486. The molecule has 1 aliphatic rings. The molecule has 1 atom stereocenters. The standard InChI is InChI=1S/C27H36ClN3O4S/c1-4-21-14-16-24(17-15-21)31(36(3,34)35)19-26(32)30(18-22-10-8-9-13-25(22)28)20(2)27(33)29-23-11-6-5-7-12-23/h8-10,13-17,20,23H,4-7,11-12,18-19H2,1-3H3,(H,29,33)/t20-/m0/s1. The van der Waals surface area contributed by atoms with Gasteiger partial charge in [0.05, 0.1) is 11.9 Å². The second-order valence-electron chi connectivity index (χ2n) is 9.42. The zero-order chi connectivity index (χ0) is 26.3. The van der Waals surface area contributed by atoms with E-state index < -0.39 is 28.5 Å². The lowest BCUT2D eigenvalue weighted by atomic mass is 9.95. The Bertz CT molecular complexity index is 1150. The first-order valence-corrected chi connectivity index (χ1v) is 14.7. The predicted molar refractivity (Wildman–Crippen MR) is 144 cm³/mol. The molecular weight excluding hydrogens is 498 g/mol. The van der Waals surface area contributed by atoms with Gasteiger partial charge in [0, 0.05) is 17.6 Å². The van der Waals surface area contributed by atoms with Crippen molar-refractivity contribution in [1.29, 1.82) is 0 Å². The fourth-order valence-electron chi connectivity index (χ4n) is 4.47. The van der Waals surface area contributed by atoms with E-state index in [9.17, 15) is 18.0 Å². The molecule has 0 saturated heterocycles. The molecule has 0 spiro atoms. The molecule has 2 amide bonds. The third-order valence-corrected chi connectivity index (χ3v) is 8.24. The van der Waals surface area contributed by atoms with Crippen molar-refractivity contribution in [2.45, 2.75) is 71.0 Å². The number of nitrogens with zero attached hydrogens (tertiary/aromatic N) is 2. The van der Waals surface area contributed by atoms with E-state index in [1.54, 1.807) is 37.3 Å². The van der Waals surface area contributed by atoms with Crippen LogP contribution in [0.25, 0.3) is 0 Å². The summed E-state index contributed by atoms with van der Waals surface area (Å²) in [6.45, 7) is 3.35. The van der Waals surface area contributed by atoms with Gasteiger partial charge in [0.1, 0.15) is 12.6 Å². The van der Waals surface area contributed by atoms with Crippen molar-refractivity contribution < 1.29 is 18.0 Å². The minimum absolute atomic E-state index is 0.0874. The van der Waals surface area contributed by atoms with Crippen molar-refractivity contribution in [1.82, 2.24) is 10.2 Å². The van der Waals surface area contributed by atoms with Gasteiger partial charge >= 0.3 is 0 Å². The first-order valence-electron chi connectivity index (χ1n) is 12.5. The van der Waals surface area contributed by atoms with Gasteiger partial charge in [-0.3, -0.25) is 13.9 Å². The van der Waals surface area contributed by atoms with E-state index in [4.69, 9.17) is 11.6 Å². The van der Waals surface area contributed by atoms with Crippen LogP contribution in [-0.2, 0) is 32.6 Å². The highest BCUT2D eigenvalue weighted by Gasteiger charge is 2.31. The van der Waals surface area contributed by atoms with Gasteiger partial charge in [-0.2, -0.15) is 0 Å². The van der Waals surface area contributed by atoms with E-state index in [-0.39, 0.29) is 18.5 Å². The molecule has 0 radical (unpaired) electrons. The van der Waals surface area contributed by atoms with Gasteiger partial charge in [0.2, 0.25) is 21.8 Å². The van der Waals surface area contributed by atoms with Crippen LogP contribution in [0.15, 0.2) is 48.5 Å². The van der Waals surface area contributed by atoms with Gasteiger partial charge < -0.3 is 10.2 Å². The lowest BCUT2D eigenvalue weighted by Crippen LogP contribution is -2.53. The Hall–Kier alpha value is -2.58. The van der Waals surface area contributed by atoms with Gasteiger partial charge in [-0.1, -0.05) is 68.1 Å². The minimum Gasteiger partial charge on any atom is -0.352 e. The van der Waals surface area contributed by atoms with Crippen molar-refractivity contribution in [3.05, 3.63) is 64.7 Å². The second-order valence-corrected chi connectivity index (χ2v) is 11.7. The van der Waals surface area contributed by atoms with Crippen molar-refractivity contribution >= 4 is 39.1 Å². The third-order valence-electron chi connectivity index (χ3n) is 6.73. The fraction of sp³-hybridized carbons (Fsp3) is 0.481. The molecule has 0 unspecified atom stereocenters. The van der Waals surface area contributed by atoms with Crippen LogP contribution in [0.5, 0.6) is 0 Å². The minimum atomic E-state index is -3.76. The summed E-state index contributed by atoms with van der Waals surface area (Å²) in [5.41, 5.74) is 2.15. The molecule has 3 rings (SSSR count).